The molecule has 0 radical (unpaired) electrons. The van der Waals surface area contributed by atoms with Crippen LogP contribution in [-0.4, -0.2) is 53.9 Å². The van der Waals surface area contributed by atoms with Gasteiger partial charge in [-0.1, -0.05) is 13.8 Å². The molecule has 0 aliphatic carbocycles. The number of Topliss-reactive ketones (excluding diaryl/α,β-unsaturated/α-hetero) is 1. The second-order valence-corrected chi connectivity index (χ2v) is 6.27. The van der Waals surface area contributed by atoms with E-state index in [9.17, 15) is 4.79 Å². The predicted molar refractivity (Wildman–Crippen MR) is 94.6 cm³/mol. The Bertz CT molecular complexity index is 622. The first-order valence-electron chi connectivity index (χ1n) is 7.83. The summed E-state index contributed by atoms with van der Waals surface area (Å²) in [7, 11) is 7.51. The van der Waals surface area contributed by atoms with Crippen LogP contribution >= 0.6 is 0 Å². The van der Waals surface area contributed by atoms with Gasteiger partial charge in [-0.15, -0.1) is 0 Å². The number of rotatable bonds is 6. The molecule has 0 saturated heterocycles. The third-order valence-electron chi connectivity index (χ3n) is 3.97. The van der Waals surface area contributed by atoms with Gasteiger partial charge in [-0.05, 0) is 11.1 Å². The van der Waals surface area contributed by atoms with Crippen LogP contribution in [0, 0.1) is 0 Å². The van der Waals surface area contributed by atoms with Gasteiger partial charge in [0.15, 0.2) is 0 Å². The standard InChI is InChI=1S/C17H24N6O/c1-11(13-7-18-16(19-8-13)22(3)4)15(24)12(2)14-9-20-17(21-10-14)23(5)6/h7-12H,1-6H3. The van der Waals surface area contributed by atoms with E-state index in [0.717, 1.165) is 11.1 Å². The highest BCUT2D eigenvalue weighted by atomic mass is 16.1. The molecule has 128 valence electrons. The average molecular weight is 328 g/mol. The van der Waals surface area contributed by atoms with E-state index in [1.165, 1.54) is 0 Å². The summed E-state index contributed by atoms with van der Waals surface area (Å²) in [5.41, 5.74) is 1.62. The third kappa shape index (κ3) is 3.84. The van der Waals surface area contributed by atoms with Crippen LogP contribution in [-0.2, 0) is 4.79 Å². The monoisotopic (exact) mass is 328 g/mol. The Labute approximate surface area is 142 Å². The van der Waals surface area contributed by atoms with Gasteiger partial charge in [0.2, 0.25) is 11.9 Å². The van der Waals surface area contributed by atoms with E-state index in [4.69, 9.17) is 0 Å². The fraction of sp³-hybridized carbons (Fsp3) is 0.471. The second-order valence-electron chi connectivity index (χ2n) is 6.27. The minimum Gasteiger partial charge on any atom is -0.347 e. The fourth-order valence-electron chi connectivity index (χ4n) is 2.28. The van der Waals surface area contributed by atoms with Gasteiger partial charge in [-0.2, -0.15) is 0 Å². The zero-order chi connectivity index (χ0) is 17.9. The Hall–Kier alpha value is -2.57. The van der Waals surface area contributed by atoms with Gasteiger partial charge >= 0.3 is 0 Å². The SMILES string of the molecule is CC(C(=O)C(C)c1cnc(N(C)C)nc1)c1cnc(N(C)C)nc1. The summed E-state index contributed by atoms with van der Waals surface area (Å²) in [6, 6.07) is 0. The van der Waals surface area contributed by atoms with Crippen molar-refractivity contribution in [3.63, 3.8) is 0 Å². The maximum absolute atomic E-state index is 12.7. The van der Waals surface area contributed by atoms with E-state index >= 15 is 0 Å². The zero-order valence-electron chi connectivity index (χ0n) is 15.1. The van der Waals surface area contributed by atoms with Gasteiger partial charge in [0.05, 0.1) is 0 Å². The summed E-state index contributed by atoms with van der Waals surface area (Å²) in [5, 5.41) is 0. The molecule has 2 atom stereocenters. The maximum Gasteiger partial charge on any atom is 0.224 e. The van der Waals surface area contributed by atoms with Crippen molar-refractivity contribution < 1.29 is 4.79 Å². The van der Waals surface area contributed by atoms with Gasteiger partial charge < -0.3 is 9.80 Å². The summed E-state index contributed by atoms with van der Waals surface area (Å²) in [5.74, 6) is 0.769. The highest BCUT2D eigenvalue weighted by Gasteiger charge is 2.24. The van der Waals surface area contributed by atoms with E-state index in [2.05, 4.69) is 19.9 Å². The Morgan fingerprint density at radius 2 is 1.04 bits per heavy atom. The minimum absolute atomic E-state index is 0.0948. The topological polar surface area (TPSA) is 75.1 Å². The smallest absolute Gasteiger partial charge is 0.224 e. The number of carbonyl (C=O) groups excluding carboxylic acids is 1. The molecule has 2 unspecified atom stereocenters. The lowest BCUT2D eigenvalue weighted by molar-refractivity contribution is -0.121. The van der Waals surface area contributed by atoms with Crippen molar-refractivity contribution in [2.24, 2.45) is 0 Å². The molecule has 0 aromatic carbocycles. The summed E-state index contributed by atoms with van der Waals surface area (Å²) in [6.45, 7) is 3.75. The van der Waals surface area contributed by atoms with Gasteiger partial charge in [0, 0.05) is 64.8 Å². The van der Waals surface area contributed by atoms with Crippen molar-refractivity contribution in [3.8, 4) is 0 Å². The van der Waals surface area contributed by atoms with E-state index in [0.29, 0.717) is 11.9 Å². The normalized spacial score (nSPS) is 13.2. The molecule has 2 aromatic heterocycles. The minimum atomic E-state index is -0.287. The molecule has 0 aliphatic rings. The van der Waals surface area contributed by atoms with E-state index in [1.807, 2.05) is 51.8 Å². The summed E-state index contributed by atoms with van der Waals surface area (Å²) < 4.78 is 0. The predicted octanol–water partition coefficient (Wildman–Crippen LogP) is 1.87. The van der Waals surface area contributed by atoms with Crippen molar-refractivity contribution in [1.82, 2.24) is 19.9 Å². The summed E-state index contributed by atoms with van der Waals surface area (Å²) in [4.78, 5) is 33.5. The lowest BCUT2D eigenvalue weighted by Crippen LogP contribution is -2.19. The number of carbonyl (C=O) groups is 1. The Kier molecular flexibility index (Phi) is 5.43. The quantitative estimate of drug-likeness (QED) is 0.801. The second kappa shape index (κ2) is 7.33. The third-order valence-corrected chi connectivity index (χ3v) is 3.97. The number of nitrogens with zero attached hydrogens (tertiary/aromatic N) is 6. The molecule has 7 nitrogen and oxygen atoms in total. The molecule has 0 N–H and O–H groups in total. The Morgan fingerprint density at radius 3 is 1.29 bits per heavy atom. The number of ketones is 1. The lowest BCUT2D eigenvalue weighted by atomic mass is 9.88. The molecule has 0 aliphatic heterocycles. The van der Waals surface area contributed by atoms with Gasteiger partial charge in [0.1, 0.15) is 5.78 Å². The molecule has 0 amide bonds. The molecule has 0 spiro atoms. The lowest BCUT2D eigenvalue weighted by Gasteiger charge is -2.18. The molecule has 0 bridgehead atoms. The van der Waals surface area contributed by atoms with Crippen LogP contribution in [0.15, 0.2) is 24.8 Å². The number of hydrogen-bond acceptors (Lipinski definition) is 7. The molecule has 2 aromatic rings. The first-order valence-corrected chi connectivity index (χ1v) is 7.83. The highest BCUT2D eigenvalue weighted by Crippen LogP contribution is 2.25. The molecule has 0 saturated carbocycles. The van der Waals surface area contributed by atoms with Crippen molar-refractivity contribution in [3.05, 3.63) is 35.9 Å². The molecule has 2 rings (SSSR count). The summed E-state index contributed by atoms with van der Waals surface area (Å²) in [6.07, 6.45) is 6.85. The van der Waals surface area contributed by atoms with Crippen molar-refractivity contribution in [2.75, 3.05) is 38.0 Å². The van der Waals surface area contributed by atoms with Crippen LogP contribution in [0.1, 0.15) is 36.8 Å². The number of anilines is 2. The molecular formula is C17H24N6O. The van der Waals surface area contributed by atoms with Gasteiger partial charge in [-0.25, -0.2) is 19.9 Å². The van der Waals surface area contributed by atoms with E-state index < -0.39 is 0 Å². The molecule has 24 heavy (non-hydrogen) atoms. The van der Waals surface area contributed by atoms with Crippen molar-refractivity contribution in [1.29, 1.82) is 0 Å². The Morgan fingerprint density at radius 1 is 0.750 bits per heavy atom. The fourth-order valence-corrected chi connectivity index (χ4v) is 2.28. The van der Waals surface area contributed by atoms with Crippen LogP contribution in [0.5, 0.6) is 0 Å². The van der Waals surface area contributed by atoms with Crippen molar-refractivity contribution >= 4 is 17.7 Å². The molecule has 0 fully saturated rings. The molecule has 7 heteroatoms. The average Bonchev–Trinajstić information content (AvgIpc) is 2.60. The number of aromatic nitrogens is 4. The van der Waals surface area contributed by atoms with Gasteiger partial charge in [-0.3, -0.25) is 4.79 Å². The first kappa shape index (κ1) is 17.8. The zero-order valence-corrected chi connectivity index (χ0v) is 15.1. The van der Waals surface area contributed by atoms with Crippen molar-refractivity contribution in [2.45, 2.75) is 25.7 Å². The first-order chi connectivity index (χ1) is 11.3. The summed E-state index contributed by atoms with van der Waals surface area (Å²) >= 11 is 0. The molecular weight excluding hydrogens is 304 g/mol. The van der Waals surface area contributed by atoms with Gasteiger partial charge in [0.25, 0.3) is 0 Å². The van der Waals surface area contributed by atoms with Crippen LogP contribution in [0.2, 0.25) is 0 Å². The largest absolute Gasteiger partial charge is 0.347 e. The maximum atomic E-state index is 12.7. The van der Waals surface area contributed by atoms with Crippen LogP contribution < -0.4 is 9.80 Å². The van der Waals surface area contributed by atoms with Crippen LogP contribution in [0.25, 0.3) is 0 Å². The Balaban J connectivity index is 2.14. The van der Waals surface area contributed by atoms with Crippen LogP contribution in [0.4, 0.5) is 11.9 Å². The molecule has 2 heterocycles. The van der Waals surface area contributed by atoms with E-state index in [-0.39, 0.29) is 17.6 Å². The number of hydrogen-bond donors (Lipinski definition) is 0. The van der Waals surface area contributed by atoms with E-state index in [1.54, 1.807) is 24.8 Å². The van der Waals surface area contributed by atoms with Crippen LogP contribution in [0.3, 0.4) is 0 Å². The highest BCUT2D eigenvalue weighted by molar-refractivity contribution is 5.90.